The molecule has 0 aromatic carbocycles. The SMILES string of the molecule is CC1(C)C(=O)NCCN1C(=O)C1C2C3CCC(C3)C12. The lowest BCUT2D eigenvalue weighted by molar-refractivity contribution is -0.150. The van der Waals surface area contributed by atoms with E-state index in [0.29, 0.717) is 24.9 Å². The third-order valence-corrected chi connectivity index (χ3v) is 6.14. The molecule has 4 rings (SSSR count). The Hall–Kier alpha value is -1.06. The van der Waals surface area contributed by atoms with Gasteiger partial charge in [-0.2, -0.15) is 0 Å². The Morgan fingerprint density at radius 1 is 1.26 bits per heavy atom. The molecule has 3 aliphatic carbocycles. The predicted octanol–water partition coefficient (Wildman–Crippen LogP) is 1.02. The van der Waals surface area contributed by atoms with Crippen molar-refractivity contribution in [3.8, 4) is 0 Å². The van der Waals surface area contributed by atoms with Gasteiger partial charge in [0.05, 0.1) is 0 Å². The molecule has 2 amide bonds. The number of piperazine rings is 1. The Morgan fingerprint density at radius 2 is 1.89 bits per heavy atom. The maximum Gasteiger partial charge on any atom is 0.245 e. The van der Waals surface area contributed by atoms with Crippen LogP contribution in [0.15, 0.2) is 0 Å². The fourth-order valence-corrected chi connectivity index (χ4v) is 5.12. The molecule has 0 radical (unpaired) electrons. The van der Waals surface area contributed by atoms with Crippen LogP contribution in [-0.4, -0.2) is 35.3 Å². The molecular formula is C15H22N2O2. The molecule has 4 aliphatic rings. The summed E-state index contributed by atoms with van der Waals surface area (Å²) in [5.74, 6) is 3.43. The summed E-state index contributed by atoms with van der Waals surface area (Å²) >= 11 is 0. The zero-order valence-corrected chi connectivity index (χ0v) is 11.7. The highest BCUT2D eigenvalue weighted by molar-refractivity contribution is 5.93. The van der Waals surface area contributed by atoms with Crippen LogP contribution < -0.4 is 5.32 Å². The van der Waals surface area contributed by atoms with Crippen molar-refractivity contribution in [3.05, 3.63) is 0 Å². The lowest BCUT2D eigenvalue weighted by atomic mass is 9.95. The molecule has 1 saturated heterocycles. The molecular weight excluding hydrogens is 240 g/mol. The predicted molar refractivity (Wildman–Crippen MR) is 70.1 cm³/mol. The van der Waals surface area contributed by atoms with Crippen molar-refractivity contribution in [2.75, 3.05) is 13.1 Å². The Morgan fingerprint density at radius 3 is 2.53 bits per heavy atom. The Bertz CT molecular complexity index is 443. The number of carbonyl (C=O) groups excluding carboxylic acids is 2. The van der Waals surface area contributed by atoms with Gasteiger partial charge in [0.2, 0.25) is 11.8 Å². The lowest BCUT2D eigenvalue weighted by Gasteiger charge is -2.41. The minimum atomic E-state index is -0.675. The van der Waals surface area contributed by atoms with Crippen molar-refractivity contribution in [2.24, 2.45) is 29.6 Å². The van der Waals surface area contributed by atoms with Gasteiger partial charge in [0.1, 0.15) is 5.54 Å². The van der Waals surface area contributed by atoms with E-state index < -0.39 is 5.54 Å². The summed E-state index contributed by atoms with van der Waals surface area (Å²) in [5, 5.41) is 2.86. The van der Waals surface area contributed by atoms with Crippen LogP contribution in [0, 0.1) is 29.6 Å². The highest BCUT2D eigenvalue weighted by Gasteiger charge is 2.68. The van der Waals surface area contributed by atoms with Gasteiger partial charge in [-0.05, 0) is 56.8 Å². The topological polar surface area (TPSA) is 49.4 Å². The van der Waals surface area contributed by atoms with Crippen molar-refractivity contribution in [1.29, 1.82) is 0 Å². The fourth-order valence-electron chi connectivity index (χ4n) is 5.12. The number of fused-ring (bicyclic) bond motifs is 5. The van der Waals surface area contributed by atoms with Gasteiger partial charge in [0.25, 0.3) is 0 Å². The van der Waals surface area contributed by atoms with Crippen molar-refractivity contribution >= 4 is 11.8 Å². The average molecular weight is 262 g/mol. The Balaban J connectivity index is 1.54. The summed E-state index contributed by atoms with van der Waals surface area (Å²) in [6.45, 7) is 5.00. The van der Waals surface area contributed by atoms with Crippen molar-refractivity contribution in [3.63, 3.8) is 0 Å². The van der Waals surface area contributed by atoms with Crippen LogP contribution in [0.25, 0.3) is 0 Å². The summed E-state index contributed by atoms with van der Waals surface area (Å²) in [6, 6.07) is 0. The van der Waals surface area contributed by atoms with Gasteiger partial charge in [-0.25, -0.2) is 0 Å². The number of carbonyl (C=O) groups is 2. The summed E-state index contributed by atoms with van der Waals surface area (Å²) in [7, 11) is 0. The second-order valence-electron chi connectivity index (χ2n) is 7.32. The minimum Gasteiger partial charge on any atom is -0.352 e. The van der Waals surface area contributed by atoms with Crippen molar-refractivity contribution < 1.29 is 9.59 Å². The summed E-state index contributed by atoms with van der Waals surface area (Å²) < 4.78 is 0. The largest absolute Gasteiger partial charge is 0.352 e. The molecule has 2 bridgehead atoms. The van der Waals surface area contributed by atoms with Gasteiger partial charge in [-0.15, -0.1) is 0 Å². The smallest absolute Gasteiger partial charge is 0.245 e. The monoisotopic (exact) mass is 262 g/mol. The number of nitrogens with one attached hydrogen (secondary N) is 1. The first-order valence-electron chi connectivity index (χ1n) is 7.61. The molecule has 1 heterocycles. The van der Waals surface area contributed by atoms with E-state index in [1.54, 1.807) is 0 Å². The number of amides is 2. The normalized spacial score (nSPS) is 45.9. The Kier molecular flexibility index (Phi) is 2.18. The second kappa shape index (κ2) is 3.53. The van der Waals surface area contributed by atoms with Gasteiger partial charge in [-0.1, -0.05) is 0 Å². The first kappa shape index (κ1) is 11.7. The van der Waals surface area contributed by atoms with Crippen LogP contribution in [-0.2, 0) is 9.59 Å². The molecule has 3 saturated carbocycles. The molecule has 4 fully saturated rings. The van der Waals surface area contributed by atoms with E-state index in [1.165, 1.54) is 19.3 Å². The number of hydrogen-bond donors (Lipinski definition) is 1. The number of rotatable bonds is 1. The highest BCUT2D eigenvalue weighted by Crippen LogP contribution is 2.69. The van der Waals surface area contributed by atoms with Gasteiger partial charge in [-0.3, -0.25) is 9.59 Å². The molecule has 0 aromatic rings. The van der Waals surface area contributed by atoms with E-state index in [4.69, 9.17) is 0 Å². The Labute approximate surface area is 113 Å². The first-order chi connectivity index (χ1) is 9.01. The van der Waals surface area contributed by atoms with Crippen molar-refractivity contribution in [1.82, 2.24) is 10.2 Å². The van der Waals surface area contributed by atoms with E-state index in [2.05, 4.69) is 5.32 Å². The van der Waals surface area contributed by atoms with Gasteiger partial charge >= 0.3 is 0 Å². The third-order valence-electron chi connectivity index (χ3n) is 6.14. The summed E-state index contributed by atoms with van der Waals surface area (Å²) in [4.78, 5) is 26.6. The van der Waals surface area contributed by atoms with Crippen LogP contribution in [0.2, 0.25) is 0 Å². The van der Waals surface area contributed by atoms with Crippen LogP contribution in [0.5, 0.6) is 0 Å². The summed E-state index contributed by atoms with van der Waals surface area (Å²) in [6.07, 6.45) is 4.03. The zero-order chi connectivity index (χ0) is 13.4. The summed E-state index contributed by atoms with van der Waals surface area (Å²) in [5.41, 5.74) is -0.675. The molecule has 4 heteroatoms. The van der Waals surface area contributed by atoms with E-state index in [-0.39, 0.29) is 17.7 Å². The van der Waals surface area contributed by atoms with Crippen molar-refractivity contribution in [2.45, 2.75) is 38.6 Å². The molecule has 4 atom stereocenters. The lowest BCUT2D eigenvalue weighted by Crippen LogP contribution is -2.63. The molecule has 4 nitrogen and oxygen atoms in total. The van der Waals surface area contributed by atoms with Crippen LogP contribution in [0.1, 0.15) is 33.1 Å². The van der Waals surface area contributed by atoms with Gasteiger partial charge in [0.15, 0.2) is 0 Å². The molecule has 19 heavy (non-hydrogen) atoms. The number of hydrogen-bond acceptors (Lipinski definition) is 2. The first-order valence-corrected chi connectivity index (χ1v) is 7.61. The molecule has 1 N–H and O–H groups in total. The quantitative estimate of drug-likeness (QED) is 0.767. The third kappa shape index (κ3) is 1.40. The molecule has 0 aromatic heterocycles. The maximum absolute atomic E-state index is 12.8. The van der Waals surface area contributed by atoms with Gasteiger partial charge in [0, 0.05) is 19.0 Å². The molecule has 0 spiro atoms. The second-order valence-corrected chi connectivity index (χ2v) is 7.32. The molecule has 4 unspecified atom stereocenters. The van der Waals surface area contributed by atoms with E-state index >= 15 is 0 Å². The van der Waals surface area contributed by atoms with Crippen LogP contribution in [0.4, 0.5) is 0 Å². The molecule has 1 aliphatic heterocycles. The van der Waals surface area contributed by atoms with Crippen LogP contribution >= 0.6 is 0 Å². The average Bonchev–Trinajstić information content (AvgIpc) is 2.80. The molecule has 104 valence electrons. The fraction of sp³-hybridized carbons (Fsp3) is 0.867. The zero-order valence-electron chi connectivity index (χ0n) is 11.7. The van der Waals surface area contributed by atoms with E-state index in [9.17, 15) is 9.59 Å². The van der Waals surface area contributed by atoms with Gasteiger partial charge < -0.3 is 10.2 Å². The number of nitrogens with zero attached hydrogens (tertiary/aromatic N) is 1. The van der Waals surface area contributed by atoms with E-state index in [0.717, 1.165) is 11.8 Å². The van der Waals surface area contributed by atoms with E-state index in [1.807, 2.05) is 18.7 Å². The van der Waals surface area contributed by atoms with Crippen LogP contribution in [0.3, 0.4) is 0 Å². The maximum atomic E-state index is 12.8. The minimum absolute atomic E-state index is 0.0131. The standard InChI is InChI=1S/C15H22N2O2/c1-15(2)14(19)16-5-6-17(15)13(18)12-10-8-3-4-9(7-8)11(10)12/h8-12H,3-7H2,1-2H3,(H,16,19). The highest BCUT2D eigenvalue weighted by atomic mass is 16.2.